The third-order valence-electron chi connectivity index (χ3n) is 9.78. The number of hydrogen-bond acceptors (Lipinski definition) is 10. The van der Waals surface area contributed by atoms with Gasteiger partial charge in [0.05, 0.1) is 14.2 Å². The van der Waals surface area contributed by atoms with Crippen LogP contribution in [-0.2, 0) is 28.1 Å². The molecule has 0 saturated carbocycles. The zero-order valence-corrected chi connectivity index (χ0v) is 30.5. The number of thiophene rings is 1. The number of ether oxygens (including phenoxy) is 3. The van der Waals surface area contributed by atoms with Gasteiger partial charge in [0, 0.05) is 36.0 Å². The number of fused-ring (bicyclic) bond motifs is 3. The van der Waals surface area contributed by atoms with Crippen molar-refractivity contribution < 1.29 is 38.7 Å². The maximum Gasteiger partial charge on any atom is 0.346 e. The minimum Gasteiger partial charge on any atom is -0.619 e. The molecule has 2 aromatic carbocycles. The number of nitrogens with one attached hydrogen (secondary N) is 1. The molecule has 1 unspecified atom stereocenters. The number of halogens is 2. The molecule has 0 radical (unpaired) electrons. The molecule has 7 rings (SSSR count). The molecular formula is C37H39Cl2N3O8S. The molecule has 3 fully saturated rings. The smallest absolute Gasteiger partial charge is 0.346 e. The number of rotatable bonds is 14. The Kier molecular flexibility index (Phi) is 11.4. The van der Waals surface area contributed by atoms with Crippen LogP contribution in [0.25, 0.3) is 0 Å². The van der Waals surface area contributed by atoms with Crippen molar-refractivity contribution in [3.05, 3.63) is 114 Å². The zero-order valence-electron chi connectivity index (χ0n) is 28.1. The number of carboxylic acid groups (broad SMARTS) is 1. The van der Waals surface area contributed by atoms with E-state index in [1.54, 1.807) is 48.5 Å². The molecule has 3 aliphatic rings. The highest BCUT2D eigenvalue weighted by Gasteiger charge is 2.44. The number of carbonyl (C=O) groups excluding carboxylic acids is 1. The minimum atomic E-state index is -1.98. The largest absolute Gasteiger partial charge is 0.619 e. The standard InChI is InChI=1S/C37H39Cl2N3O8S/c1-48-31-9-8-23(14-32(31)49-2)26(16-28-29(38)18-42(47)19-30(28)39)27-15-25(51-34(27)35(43)44)17-40-21-37(46,24-6-4-3-5-7-24)36(45)50-33-20-41-12-10-22(33)11-13-41/h3-9,14-15,18-19,22,26,33,40,46H,10-13,16-17,20-21H2,1-2H3,(H,43,44)/t26-,33-,37?/m0/s1. The van der Waals surface area contributed by atoms with E-state index in [1.165, 1.54) is 26.6 Å². The number of aliphatic hydroxyl groups is 1. The summed E-state index contributed by atoms with van der Waals surface area (Å²) in [5, 5.41) is 37.8. The summed E-state index contributed by atoms with van der Waals surface area (Å²) in [6.07, 6.45) is 4.19. The van der Waals surface area contributed by atoms with E-state index in [-0.39, 0.29) is 46.5 Å². The summed E-state index contributed by atoms with van der Waals surface area (Å²) in [5.41, 5.74) is 0.0768. The second kappa shape index (κ2) is 15.8. The number of benzene rings is 2. The van der Waals surface area contributed by atoms with Crippen molar-refractivity contribution in [3.8, 4) is 11.5 Å². The summed E-state index contributed by atoms with van der Waals surface area (Å²) >= 11 is 14.1. The third kappa shape index (κ3) is 7.96. The average Bonchev–Trinajstić information content (AvgIpc) is 3.56. The molecule has 270 valence electrons. The Morgan fingerprint density at radius 2 is 1.75 bits per heavy atom. The molecule has 3 aliphatic heterocycles. The molecule has 4 aromatic rings. The Labute approximate surface area is 309 Å². The fourth-order valence-electron chi connectivity index (χ4n) is 7.03. The van der Waals surface area contributed by atoms with Crippen LogP contribution >= 0.6 is 34.5 Å². The first-order valence-corrected chi connectivity index (χ1v) is 18.1. The third-order valence-corrected chi connectivity index (χ3v) is 11.6. The van der Waals surface area contributed by atoms with Crippen LogP contribution in [0.1, 0.15) is 55.6 Å². The van der Waals surface area contributed by atoms with Gasteiger partial charge in [-0.2, -0.15) is 4.73 Å². The molecule has 3 N–H and O–H groups in total. The maximum atomic E-state index is 13.7. The number of piperidine rings is 3. The van der Waals surface area contributed by atoms with Gasteiger partial charge in [0.2, 0.25) is 0 Å². The maximum absolute atomic E-state index is 13.7. The predicted octanol–water partition coefficient (Wildman–Crippen LogP) is 5.39. The van der Waals surface area contributed by atoms with Crippen LogP contribution in [-0.4, -0.2) is 73.6 Å². The SMILES string of the molecule is COc1ccc([C@H](Cc2c(Cl)c[n+]([O-])cc2Cl)c2cc(CNCC(O)(C(=O)O[C@H]3CN4CCC3CC4)c3ccccc3)sc2C(=O)O)cc1OC. The summed E-state index contributed by atoms with van der Waals surface area (Å²) in [4.78, 5) is 29.5. The first-order valence-electron chi connectivity index (χ1n) is 16.6. The van der Waals surface area contributed by atoms with Gasteiger partial charge in [0.15, 0.2) is 29.5 Å². The summed E-state index contributed by atoms with van der Waals surface area (Å²) in [5.74, 6) is -1.22. The highest BCUT2D eigenvalue weighted by atomic mass is 35.5. The molecule has 0 aliphatic carbocycles. The van der Waals surface area contributed by atoms with Gasteiger partial charge in [-0.25, -0.2) is 9.59 Å². The highest BCUT2D eigenvalue weighted by molar-refractivity contribution is 7.14. The van der Waals surface area contributed by atoms with Gasteiger partial charge in [-0.3, -0.25) is 4.90 Å². The van der Waals surface area contributed by atoms with E-state index in [0.717, 1.165) is 37.3 Å². The summed E-state index contributed by atoms with van der Waals surface area (Å²) < 4.78 is 17.5. The van der Waals surface area contributed by atoms with Crippen LogP contribution in [0.2, 0.25) is 10.0 Å². The van der Waals surface area contributed by atoms with Crippen LogP contribution in [0.5, 0.6) is 11.5 Å². The highest BCUT2D eigenvalue weighted by Crippen LogP contribution is 2.41. The number of pyridine rings is 1. The molecule has 2 bridgehead atoms. The van der Waals surface area contributed by atoms with Gasteiger partial charge >= 0.3 is 11.9 Å². The fraction of sp³-hybridized carbons (Fsp3) is 0.378. The molecule has 5 heterocycles. The normalized spacial score (nSPS) is 20.0. The molecule has 3 saturated heterocycles. The Morgan fingerprint density at radius 1 is 1.06 bits per heavy atom. The van der Waals surface area contributed by atoms with E-state index < -0.39 is 23.5 Å². The van der Waals surface area contributed by atoms with Gasteiger partial charge in [0.1, 0.15) is 21.0 Å². The lowest BCUT2D eigenvalue weighted by Crippen LogP contribution is -2.54. The molecule has 0 amide bonds. The summed E-state index contributed by atoms with van der Waals surface area (Å²) in [6.45, 7) is 2.61. The van der Waals surface area contributed by atoms with Crippen molar-refractivity contribution in [2.24, 2.45) is 5.92 Å². The second-order valence-electron chi connectivity index (χ2n) is 12.9. The van der Waals surface area contributed by atoms with E-state index in [1.807, 2.05) is 6.07 Å². The Balaban J connectivity index is 1.29. The monoisotopic (exact) mass is 755 g/mol. The van der Waals surface area contributed by atoms with E-state index in [9.17, 15) is 25.0 Å². The zero-order chi connectivity index (χ0) is 36.3. The van der Waals surface area contributed by atoms with E-state index in [4.69, 9.17) is 37.4 Å². The van der Waals surface area contributed by atoms with Crippen LogP contribution < -0.4 is 19.5 Å². The van der Waals surface area contributed by atoms with E-state index in [0.29, 0.717) is 49.9 Å². The number of aromatic nitrogens is 1. The van der Waals surface area contributed by atoms with Crippen molar-refractivity contribution in [1.82, 2.24) is 10.2 Å². The van der Waals surface area contributed by atoms with Gasteiger partial charge < -0.3 is 34.9 Å². The van der Waals surface area contributed by atoms with Crippen molar-refractivity contribution in [1.29, 1.82) is 0 Å². The van der Waals surface area contributed by atoms with Crippen LogP contribution in [0.4, 0.5) is 0 Å². The van der Waals surface area contributed by atoms with Gasteiger partial charge in [-0.05, 0) is 73.2 Å². The van der Waals surface area contributed by atoms with Crippen LogP contribution in [0, 0.1) is 11.1 Å². The molecule has 14 heteroatoms. The van der Waals surface area contributed by atoms with E-state index >= 15 is 0 Å². The summed E-state index contributed by atoms with van der Waals surface area (Å²) in [7, 11) is 3.03. The number of esters is 1. The molecule has 11 nitrogen and oxygen atoms in total. The number of carbonyl (C=O) groups is 2. The second-order valence-corrected chi connectivity index (χ2v) is 14.8. The van der Waals surface area contributed by atoms with Gasteiger partial charge in [-0.15, -0.1) is 11.3 Å². The molecule has 2 aromatic heterocycles. The van der Waals surface area contributed by atoms with E-state index in [2.05, 4.69) is 10.2 Å². The van der Waals surface area contributed by atoms with Crippen molar-refractivity contribution in [3.63, 3.8) is 0 Å². The van der Waals surface area contributed by atoms with Gasteiger partial charge in [-0.1, -0.05) is 59.6 Å². The minimum absolute atomic E-state index is 0.0914. The number of methoxy groups -OCH3 is 2. The number of nitrogens with zero attached hydrogens (tertiary/aromatic N) is 2. The van der Waals surface area contributed by atoms with Crippen molar-refractivity contribution in [2.45, 2.75) is 43.4 Å². The lowest BCUT2D eigenvalue weighted by molar-refractivity contribution is -0.605. The molecule has 51 heavy (non-hydrogen) atoms. The topological polar surface area (TPSA) is 144 Å². The van der Waals surface area contributed by atoms with Gasteiger partial charge in [0.25, 0.3) is 0 Å². The lowest BCUT2D eigenvalue weighted by Gasteiger charge is -2.44. The molecular weight excluding hydrogens is 717 g/mol. The number of carboxylic acids is 1. The first kappa shape index (κ1) is 36.9. The molecule has 0 spiro atoms. The Morgan fingerprint density at radius 3 is 2.35 bits per heavy atom. The average molecular weight is 757 g/mol. The van der Waals surface area contributed by atoms with Crippen molar-refractivity contribution in [2.75, 3.05) is 40.4 Å². The number of hydrogen-bond donors (Lipinski definition) is 3. The van der Waals surface area contributed by atoms with Crippen LogP contribution in [0.3, 0.4) is 0 Å². The Hall–Kier alpha value is -3.91. The van der Waals surface area contributed by atoms with Crippen LogP contribution in [0.15, 0.2) is 67.0 Å². The first-order chi connectivity index (χ1) is 24.5. The predicted molar refractivity (Wildman–Crippen MR) is 193 cm³/mol. The quantitative estimate of drug-likeness (QED) is 0.0871. The fourth-order valence-corrected chi connectivity index (χ4v) is 8.66. The van der Waals surface area contributed by atoms with Crippen molar-refractivity contribution >= 4 is 46.5 Å². The Bertz CT molecular complexity index is 1860. The molecule has 3 atom stereocenters. The number of aromatic carboxylic acids is 1. The lowest BCUT2D eigenvalue weighted by atomic mass is 9.85. The summed E-state index contributed by atoms with van der Waals surface area (Å²) in [6, 6.07) is 15.8.